The monoisotopic (exact) mass is 268 g/mol. The molecule has 108 valence electrons. The molecule has 2 rings (SSSR count). The van der Waals surface area contributed by atoms with Gasteiger partial charge in [0.25, 0.3) is 0 Å². The molecule has 0 aromatic heterocycles. The predicted octanol–water partition coefficient (Wildman–Crippen LogP) is 1.36. The predicted molar refractivity (Wildman–Crippen MR) is 71.6 cm³/mol. The number of piperidine rings is 1. The molecule has 5 heteroatoms. The fourth-order valence-corrected chi connectivity index (χ4v) is 3.46. The van der Waals surface area contributed by atoms with E-state index < -0.39 is 12.0 Å². The Morgan fingerprint density at radius 2 is 1.74 bits per heavy atom. The number of carbonyl (C=O) groups is 2. The number of carboxylic acids is 1. The Kier molecular flexibility index (Phi) is 4.45. The minimum absolute atomic E-state index is 0.0370. The van der Waals surface area contributed by atoms with Crippen molar-refractivity contribution in [1.82, 2.24) is 4.90 Å². The van der Waals surface area contributed by atoms with Gasteiger partial charge < -0.3 is 15.7 Å². The molecule has 0 radical (unpaired) electrons. The fourth-order valence-electron chi connectivity index (χ4n) is 3.46. The largest absolute Gasteiger partial charge is 0.481 e. The summed E-state index contributed by atoms with van der Waals surface area (Å²) in [4.78, 5) is 24.4. The average Bonchev–Trinajstić information content (AvgIpc) is 2.84. The van der Waals surface area contributed by atoms with Crippen LogP contribution in [0.1, 0.15) is 51.4 Å². The van der Waals surface area contributed by atoms with Crippen molar-refractivity contribution in [3.8, 4) is 0 Å². The number of aliphatic carboxylic acids is 1. The molecule has 1 saturated carbocycles. The third-order valence-corrected chi connectivity index (χ3v) is 4.79. The zero-order valence-corrected chi connectivity index (χ0v) is 11.4. The van der Waals surface area contributed by atoms with Gasteiger partial charge in [-0.05, 0) is 37.5 Å². The molecule has 1 spiro atoms. The molecule has 0 bridgehead atoms. The number of carboxylic acid groups (broad SMARTS) is 1. The summed E-state index contributed by atoms with van der Waals surface area (Å²) >= 11 is 0. The third-order valence-electron chi connectivity index (χ3n) is 4.79. The summed E-state index contributed by atoms with van der Waals surface area (Å²) in [7, 11) is 0. The lowest BCUT2D eigenvalue weighted by Gasteiger charge is -2.40. The first-order valence-corrected chi connectivity index (χ1v) is 7.29. The summed E-state index contributed by atoms with van der Waals surface area (Å²) in [6.07, 6.45) is 7.63. The van der Waals surface area contributed by atoms with Gasteiger partial charge in [0, 0.05) is 19.5 Å². The smallest absolute Gasteiger partial charge is 0.303 e. The summed E-state index contributed by atoms with van der Waals surface area (Å²) in [6, 6.07) is -0.659. The lowest BCUT2D eigenvalue weighted by atomic mass is 9.77. The van der Waals surface area contributed by atoms with E-state index in [0.29, 0.717) is 5.41 Å². The Hall–Kier alpha value is -1.10. The Balaban J connectivity index is 1.80. The number of rotatable bonds is 4. The lowest BCUT2D eigenvalue weighted by Crippen LogP contribution is -2.49. The lowest BCUT2D eigenvalue weighted by molar-refractivity contribution is -0.138. The van der Waals surface area contributed by atoms with Gasteiger partial charge in [-0.25, -0.2) is 0 Å². The Morgan fingerprint density at radius 3 is 2.26 bits per heavy atom. The first-order chi connectivity index (χ1) is 9.02. The molecule has 1 atom stereocenters. The van der Waals surface area contributed by atoms with Crippen molar-refractivity contribution >= 4 is 11.9 Å². The van der Waals surface area contributed by atoms with E-state index in [0.717, 1.165) is 25.9 Å². The molecule has 1 amide bonds. The van der Waals surface area contributed by atoms with Crippen molar-refractivity contribution in [2.75, 3.05) is 13.1 Å². The van der Waals surface area contributed by atoms with Crippen LogP contribution in [0, 0.1) is 5.41 Å². The van der Waals surface area contributed by atoms with Gasteiger partial charge in [0.05, 0.1) is 6.04 Å². The fraction of sp³-hybridized carbons (Fsp3) is 0.857. The second-order valence-electron chi connectivity index (χ2n) is 6.07. The van der Waals surface area contributed by atoms with Gasteiger partial charge in [-0.1, -0.05) is 12.8 Å². The van der Waals surface area contributed by atoms with Crippen LogP contribution in [-0.4, -0.2) is 41.0 Å². The van der Waals surface area contributed by atoms with Crippen molar-refractivity contribution < 1.29 is 14.7 Å². The van der Waals surface area contributed by atoms with Crippen LogP contribution in [0.5, 0.6) is 0 Å². The van der Waals surface area contributed by atoms with Crippen LogP contribution >= 0.6 is 0 Å². The summed E-state index contributed by atoms with van der Waals surface area (Å²) in [6.45, 7) is 1.58. The number of likely N-dealkylation sites (tertiary alicyclic amines) is 1. The molecule has 3 N–H and O–H groups in total. The van der Waals surface area contributed by atoms with Gasteiger partial charge in [0.1, 0.15) is 0 Å². The Morgan fingerprint density at radius 1 is 1.16 bits per heavy atom. The molecular weight excluding hydrogens is 244 g/mol. The van der Waals surface area contributed by atoms with Crippen LogP contribution in [0.2, 0.25) is 0 Å². The standard InChI is InChI=1S/C14H24N2O3/c15-11(3-4-12(17)18)13(19)16-9-7-14(8-10-16)5-1-2-6-14/h11H,1-10,15H2,(H,17,18)/t11-/m1/s1. The van der Waals surface area contributed by atoms with E-state index in [-0.39, 0.29) is 18.7 Å². The number of nitrogens with zero attached hydrogens (tertiary/aromatic N) is 1. The molecule has 0 unspecified atom stereocenters. The molecule has 0 aromatic rings. The highest BCUT2D eigenvalue weighted by Crippen LogP contribution is 2.46. The SMILES string of the molecule is N[C@H](CCC(=O)O)C(=O)N1CCC2(CCCC2)CC1. The van der Waals surface area contributed by atoms with Crippen molar-refractivity contribution in [2.45, 2.75) is 57.4 Å². The summed E-state index contributed by atoms with van der Waals surface area (Å²) in [5.74, 6) is -0.971. The highest BCUT2D eigenvalue weighted by Gasteiger charge is 2.38. The minimum Gasteiger partial charge on any atom is -0.481 e. The van der Waals surface area contributed by atoms with Crippen molar-refractivity contribution in [3.63, 3.8) is 0 Å². The molecule has 2 aliphatic rings. The molecule has 1 aliphatic heterocycles. The molecule has 5 nitrogen and oxygen atoms in total. The molecule has 1 aliphatic carbocycles. The summed E-state index contributed by atoms with van der Waals surface area (Å²) < 4.78 is 0. The quantitative estimate of drug-likeness (QED) is 0.806. The van der Waals surface area contributed by atoms with E-state index in [1.165, 1.54) is 25.7 Å². The molecular formula is C14H24N2O3. The Bertz CT molecular complexity index is 341. The van der Waals surface area contributed by atoms with Crippen molar-refractivity contribution in [2.24, 2.45) is 11.1 Å². The van der Waals surface area contributed by atoms with Gasteiger partial charge in [-0.3, -0.25) is 9.59 Å². The highest BCUT2D eigenvalue weighted by molar-refractivity contribution is 5.82. The van der Waals surface area contributed by atoms with Crippen molar-refractivity contribution in [1.29, 1.82) is 0 Å². The highest BCUT2D eigenvalue weighted by atomic mass is 16.4. The number of hydrogen-bond acceptors (Lipinski definition) is 3. The number of nitrogens with two attached hydrogens (primary N) is 1. The maximum atomic E-state index is 12.1. The summed E-state index contributed by atoms with van der Waals surface area (Å²) in [5.41, 5.74) is 6.27. The van der Waals surface area contributed by atoms with Gasteiger partial charge in [0.15, 0.2) is 0 Å². The van der Waals surface area contributed by atoms with Gasteiger partial charge in [-0.15, -0.1) is 0 Å². The molecule has 1 saturated heterocycles. The second kappa shape index (κ2) is 5.90. The Labute approximate surface area is 114 Å². The second-order valence-corrected chi connectivity index (χ2v) is 6.07. The van der Waals surface area contributed by atoms with Crippen LogP contribution in [-0.2, 0) is 9.59 Å². The van der Waals surface area contributed by atoms with Gasteiger partial charge in [0.2, 0.25) is 5.91 Å². The van der Waals surface area contributed by atoms with Gasteiger partial charge in [-0.2, -0.15) is 0 Å². The van der Waals surface area contributed by atoms with Crippen LogP contribution < -0.4 is 5.73 Å². The minimum atomic E-state index is -0.896. The zero-order chi connectivity index (χ0) is 13.9. The van der Waals surface area contributed by atoms with E-state index in [9.17, 15) is 9.59 Å². The normalized spacial score (nSPS) is 23.5. The molecule has 1 heterocycles. The molecule has 0 aromatic carbocycles. The van der Waals surface area contributed by atoms with E-state index >= 15 is 0 Å². The average molecular weight is 268 g/mol. The zero-order valence-electron chi connectivity index (χ0n) is 11.4. The first kappa shape index (κ1) is 14.3. The summed E-state index contributed by atoms with van der Waals surface area (Å²) in [5, 5.41) is 8.61. The van der Waals surface area contributed by atoms with E-state index in [2.05, 4.69) is 0 Å². The molecule has 19 heavy (non-hydrogen) atoms. The van der Waals surface area contributed by atoms with E-state index in [1.807, 2.05) is 4.90 Å². The van der Waals surface area contributed by atoms with Crippen molar-refractivity contribution in [3.05, 3.63) is 0 Å². The third kappa shape index (κ3) is 3.47. The first-order valence-electron chi connectivity index (χ1n) is 7.29. The van der Waals surface area contributed by atoms with Crippen LogP contribution in [0.3, 0.4) is 0 Å². The maximum Gasteiger partial charge on any atom is 0.303 e. The van der Waals surface area contributed by atoms with Crippen LogP contribution in [0.4, 0.5) is 0 Å². The topological polar surface area (TPSA) is 83.6 Å². The van der Waals surface area contributed by atoms with E-state index in [1.54, 1.807) is 0 Å². The number of carbonyl (C=O) groups excluding carboxylic acids is 1. The van der Waals surface area contributed by atoms with Gasteiger partial charge >= 0.3 is 5.97 Å². The van der Waals surface area contributed by atoms with E-state index in [4.69, 9.17) is 10.8 Å². The van der Waals surface area contributed by atoms with Crippen LogP contribution in [0.25, 0.3) is 0 Å². The number of amides is 1. The molecule has 2 fully saturated rings. The maximum absolute atomic E-state index is 12.1. The van der Waals surface area contributed by atoms with Crippen LogP contribution in [0.15, 0.2) is 0 Å². The number of hydrogen-bond donors (Lipinski definition) is 2.